The smallest absolute Gasteiger partial charge is 0.323 e. The second-order valence-corrected chi connectivity index (χ2v) is 6.36. The summed E-state index contributed by atoms with van der Waals surface area (Å²) in [5.74, 6) is -0.939. The Balaban J connectivity index is 2.48. The fraction of sp³-hybridized carbons (Fsp3) is 0.588. The monoisotopic (exact) mass is 320 g/mol. The summed E-state index contributed by atoms with van der Waals surface area (Å²) in [6.07, 6.45) is 3.15. The molecule has 0 aromatic heterocycles. The lowest BCUT2D eigenvalue weighted by atomic mass is 9.88. The highest BCUT2D eigenvalue weighted by atomic mass is 16.4. The summed E-state index contributed by atoms with van der Waals surface area (Å²) in [6, 6.07) is 9.45. The predicted molar refractivity (Wildman–Crippen MR) is 95.3 cm³/mol. The maximum absolute atomic E-state index is 11.5. The van der Waals surface area contributed by atoms with E-state index in [-0.39, 0.29) is 0 Å². The molecule has 23 heavy (non-hydrogen) atoms. The van der Waals surface area contributed by atoms with Gasteiger partial charge in [-0.2, -0.15) is 0 Å². The number of aliphatic hydroxyl groups is 1. The molecule has 1 aromatic carbocycles. The number of benzene rings is 1. The summed E-state index contributed by atoms with van der Waals surface area (Å²) in [7, 11) is 3.96. The molecule has 0 aliphatic heterocycles. The highest BCUT2D eigenvalue weighted by molar-refractivity contribution is 6.08. The molecule has 4 N–H and O–H groups in total. The van der Waals surface area contributed by atoms with Gasteiger partial charge in [0.05, 0.1) is 6.10 Å². The Morgan fingerprint density at radius 1 is 1.30 bits per heavy atom. The van der Waals surface area contributed by atoms with Crippen molar-refractivity contribution in [3.05, 3.63) is 35.9 Å². The van der Waals surface area contributed by atoms with E-state index in [0.29, 0.717) is 25.9 Å². The SMILES string of the molecule is BCCCCC(N)(CCN(C)CC(O)c1ccccc1)C(=O)O. The molecule has 0 amide bonds. The van der Waals surface area contributed by atoms with Crippen molar-refractivity contribution in [3.63, 3.8) is 0 Å². The quantitative estimate of drug-likeness (QED) is 0.419. The molecule has 0 aliphatic carbocycles. The molecule has 0 saturated carbocycles. The minimum Gasteiger partial charge on any atom is -0.480 e. The van der Waals surface area contributed by atoms with Gasteiger partial charge in [-0.1, -0.05) is 49.5 Å². The summed E-state index contributed by atoms with van der Waals surface area (Å²) in [5, 5.41) is 19.6. The number of aliphatic hydroxyl groups excluding tert-OH is 1. The second-order valence-electron chi connectivity index (χ2n) is 6.36. The van der Waals surface area contributed by atoms with Gasteiger partial charge in [0.1, 0.15) is 13.4 Å². The third kappa shape index (κ3) is 6.73. The van der Waals surface area contributed by atoms with Crippen molar-refractivity contribution in [3.8, 4) is 0 Å². The summed E-state index contributed by atoms with van der Waals surface area (Å²) in [5.41, 5.74) is 5.76. The average Bonchev–Trinajstić information content (AvgIpc) is 2.54. The van der Waals surface area contributed by atoms with E-state index in [4.69, 9.17) is 5.73 Å². The summed E-state index contributed by atoms with van der Waals surface area (Å²) in [4.78, 5) is 13.4. The van der Waals surface area contributed by atoms with Crippen molar-refractivity contribution in [1.29, 1.82) is 0 Å². The minimum absolute atomic E-state index is 0.379. The van der Waals surface area contributed by atoms with Crippen LogP contribution in [0.5, 0.6) is 0 Å². The summed E-state index contributed by atoms with van der Waals surface area (Å²) in [6.45, 7) is 0.994. The van der Waals surface area contributed by atoms with E-state index in [1.54, 1.807) is 0 Å². The van der Waals surface area contributed by atoms with Crippen LogP contribution in [0.4, 0.5) is 0 Å². The largest absolute Gasteiger partial charge is 0.480 e. The zero-order chi connectivity index (χ0) is 17.3. The van der Waals surface area contributed by atoms with Gasteiger partial charge in [-0.3, -0.25) is 4.79 Å². The number of likely N-dealkylation sites (N-methyl/N-ethyl adjacent to an activating group) is 1. The maximum atomic E-state index is 11.5. The standard InChI is InChI=1S/C17H29BN2O3/c1-20(13-15(21)14-7-3-2-4-8-14)12-10-17(19,16(22)23)9-5-6-11-18/h2-4,7-8,15,21H,5-6,9-13,18-19H2,1H3,(H,22,23). The van der Waals surface area contributed by atoms with Crippen LogP contribution in [0.2, 0.25) is 6.32 Å². The molecular weight excluding hydrogens is 291 g/mol. The number of hydrogen-bond acceptors (Lipinski definition) is 4. The van der Waals surface area contributed by atoms with Crippen molar-refractivity contribution in [2.24, 2.45) is 5.73 Å². The molecule has 0 heterocycles. The Morgan fingerprint density at radius 2 is 1.96 bits per heavy atom. The number of unbranched alkanes of at least 4 members (excludes halogenated alkanes) is 1. The number of nitrogens with zero attached hydrogens (tertiary/aromatic N) is 1. The first-order chi connectivity index (χ1) is 10.9. The van der Waals surface area contributed by atoms with E-state index in [0.717, 1.165) is 24.7 Å². The van der Waals surface area contributed by atoms with Crippen LogP contribution in [0.1, 0.15) is 37.4 Å². The molecule has 0 bridgehead atoms. The van der Waals surface area contributed by atoms with Gasteiger partial charge in [0.25, 0.3) is 0 Å². The van der Waals surface area contributed by atoms with Gasteiger partial charge in [-0.15, -0.1) is 0 Å². The number of hydrogen-bond donors (Lipinski definition) is 3. The van der Waals surface area contributed by atoms with Gasteiger partial charge in [-0.05, 0) is 25.5 Å². The fourth-order valence-corrected chi connectivity index (χ4v) is 2.59. The Labute approximate surface area is 139 Å². The topological polar surface area (TPSA) is 86.8 Å². The van der Waals surface area contributed by atoms with Crippen molar-refractivity contribution in [2.75, 3.05) is 20.1 Å². The van der Waals surface area contributed by atoms with E-state index in [2.05, 4.69) is 7.85 Å². The van der Waals surface area contributed by atoms with Crippen molar-refractivity contribution >= 4 is 13.8 Å². The Hall–Kier alpha value is -1.37. The minimum atomic E-state index is -1.18. The molecular formula is C17H29BN2O3. The van der Waals surface area contributed by atoms with Gasteiger partial charge in [0, 0.05) is 13.1 Å². The van der Waals surface area contributed by atoms with E-state index < -0.39 is 17.6 Å². The van der Waals surface area contributed by atoms with Crippen molar-refractivity contribution < 1.29 is 15.0 Å². The van der Waals surface area contributed by atoms with Crippen LogP contribution < -0.4 is 5.73 Å². The van der Waals surface area contributed by atoms with E-state index in [1.165, 1.54) is 0 Å². The fourth-order valence-electron chi connectivity index (χ4n) is 2.59. The van der Waals surface area contributed by atoms with Gasteiger partial charge < -0.3 is 20.8 Å². The first kappa shape index (κ1) is 19.7. The maximum Gasteiger partial charge on any atom is 0.323 e. The molecule has 0 fully saturated rings. The molecule has 1 aromatic rings. The number of rotatable bonds is 11. The number of carbonyl (C=O) groups is 1. The molecule has 6 heteroatoms. The van der Waals surface area contributed by atoms with Gasteiger partial charge >= 0.3 is 5.97 Å². The van der Waals surface area contributed by atoms with E-state index in [1.807, 2.05) is 42.3 Å². The number of nitrogens with two attached hydrogens (primary N) is 1. The first-order valence-corrected chi connectivity index (χ1v) is 8.33. The van der Waals surface area contributed by atoms with Crippen LogP contribution >= 0.6 is 0 Å². The third-order valence-corrected chi connectivity index (χ3v) is 4.26. The molecule has 0 aliphatic rings. The zero-order valence-electron chi connectivity index (χ0n) is 14.2. The lowest BCUT2D eigenvalue weighted by Crippen LogP contribution is -2.50. The molecule has 5 nitrogen and oxygen atoms in total. The van der Waals surface area contributed by atoms with Crippen molar-refractivity contribution in [2.45, 2.75) is 43.6 Å². The molecule has 0 radical (unpaired) electrons. The van der Waals surface area contributed by atoms with Gasteiger partial charge in [-0.25, -0.2) is 0 Å². The average molecular weight is 320 g/mol. The predicted octanol–water partition coefficient (Wildman–Crippen LogP) is 1.05. The normalized spacial score (nSPS) is 15.3. The molecule has 1 rings (SSSR count). The lowest BCUT2D eigenvalue weighted by Gasteiger charge is -2.28. The van der Waals surface area contributed by atoms with Crippen molar-refractivity contribution in [1.82, 2.24) is 4.90 Å². The first-order valence-electron chi connectivity index (χ1n) is 8.33. The lowest BCUT2D eigenvalue weighted by molar-refractivity contribution is -0.144. The van der Waals surface area contributed by atoms with Crippen LogP contribution in [-0.2, 0) is 4.79 Å². The van der Waals surface area contributed by atoms with Crippen LogP contribution in [0.25, 0.3) is 0 Å². The molecule has 2 atom stereocenters. The summed E-state index contributed by atoms with van der Waals surface area (Å²) >= 11 is 0. The van der Waals surface area contributed by atoms with Crippen LogP contribution in [0.15, 0.2) is 30.3 Å². The van der Waals surface area contributed by atoms with Gasteiger partial charge in [0.15, 0.2) is 0 Å². The highest BCUT2D eigenvalue weighted by Gasteiger charge is 2.33. The van der Waals surface area contributed by atoms with Gasteiger partial charge in [0.2, 0.25) is 0 Å². The molecule has 128 valence electrons. The summed E-state index contributed by atoms with van der Waals surface area (Å²) < 4.78 is 0. The highest BCUT2D eigenvalue weighted by Crippen LogP contribution is 2.19. The van der Waals surface area contributed by atoms with Crippen LogP contribution in [0, 0.1) is 0 Å². The molecule has 0 saturated heterocycles. The molecule has 2 unspecified atom stereocenters. The number of carboxylic acid groups (broad SMARTS) is 1. The second kappa shape index (κ2) is 9.70. The van der Waals surface area contributed by atoms with Crippen LogP contribution in [-0.4, -0.2) is 54.6 Å². The number of aliphatic carboxylic acids is 1. The van der Waals surface area contributed by atoms with E-state index in [9.17, 15) is 15.0 Å². The van der Waals surface area contributed by atoms with Crippen LogP contribution in [0.3, 0.4) is 0 Å². The molecule has 0 spiro atoms. The third-order valence-electron chi connectivity index (χ3n) is 4.26. The number of carboxylic acids is 1. The van der Waals surface area contributed by atoms with E-state index >= 15 is 0 Å². The Morgan fingerprint density at radius 3 is 2.52 bits per heavy atom. The Kier molecular flexibility index (Phi) is 8.30. The Bertz CT molecular complexity index is 472. The zero-order valence-corrected chi connectivity index (χ0v) is 14.2.